The van der Waals surface area contributed by atoms with Crippen LogP contribution in [0.2, 0.25) is 0 Å². The molecule has 1 atom stereocenters. The Morgan fingerprint density at radius 1 is 1.58 bits per heavy atom. The number of ether oxygens (including phenoxy) is 1. The summed E-state index contributed by atoms with van der Waals surface area (Å²) < 4.78 is 5.44. The van der Waals surface area contributed by atoms with Crippen LogP contribution in [0, 0.1) is 0 Å². The Hall–Kier alpha value is -1.28. The van der Waals surface area contributed by atoms with Crippen molar-refractivity contribution in [2.24, 2.45) is 5.73 Å². The molecule has 12 heavy (non-hydrogen) atoms. The highest BCUT2D eigenvalue weighted by molar-refractivity contribution is 5.60. The van der Waals surface area contributed by atoms with E-state index in [0.29, 0.717) is 6.61 Å². The standard InChI is InChI=1S/C10H11NO/c1-2-7-4-3-5-8-9(11)6-12-10(7)8/h2-5,9H,1,6,11H2. The minimum Gasteiger partial charge on any atom is -0.491 e. The second-order valence-electron chi connectivity index (χ2n) is 2.89. The van der Waals surface area contributed by atoms with Crippen LogP contribution in [0.5, 0.6) is 5.75 Å². The molecule has 1 aliphatic heterocycles. The number of fused-ring (bicyclic) bond motifs is 1. The normalized spacial score (nSPS) is 19.9. The van der Waals surface area contributed by atoms with Gasteiger partial charge in [0.25, 0.3) is 0 Å². The van der Waals surface area contributed by atoms with Crippen LogP contribution in [0.25, 0.3) is 6.08 Å². The summed E-state index contributed by atoms with van der Waals surface area (Å²) in [4.78, 5) is 0. The molecule has 2 rings (SSSR count). The number of rotatable bonds is 1. The number of hydrogen-bond acceptors (Lipinski definition) is 2. The highest BCUT2D eigenvalue weighted by Crippen LogP contribution is 2.34. The summed E-state index contributed by atoms with van der Waals surface area (Å²) >= 11 is 0. The van der Waals surface area contributed by atoms with E-state index in [2.05, 4.69) is 6.58 Å². The zero-order valence-corrected chi connectivity index (χ0v) is 6.79. The summed E-state index contributed by atoms with van der Waals surface area (Å²) in [5.41, 5.74) is 7.93. The third-order valence-corrected chi connectivity index (χ3v) is 2.10. The van der Waals surface area contributed by atoms with E-state index in [1.165, 1.54) is 0 Å². The Bertz CT molecular complexity index is 320. The fourth-order valence-corrected chi connectivity index (χ4v) is 1.46. The molecule has 0 bridgehead atoms. The lowest BCUT2D eigenvalue weighted by Crippen LogP contribution is -2.10. The average molecular weight is 161 g/mol. The van der Waals surface area contributed by atoms with Crippen molar-refractivity contribution in [1.82, 2.24) is 0 Å². The Morgan fingerprint density at radius 2 is 2.42 bits per heavy atom. The van der Waals surface area contributed by atoms with E-state index in [4.69, 9.17) is 10.5 Å². The Labute approximate surface area is 71.6 Å². The molecule has 1 heterocycles. The van der Waals surface area contributed by atoms with E-state index in [1.54, 1.807) is 6.08 Å². The molecule has 0 saturated carbocycles. The van der Waals surface area contributed by atoms with Crippen LogP contribution in [-0.4, -0.2) is 6.61 Å². The quantitative estimate of drug-likeness (QED) is 0.680. The fourth-order valence-electron chi connectivity index (χ4n) is 1.46. The topological polar surface area (TPSA) is 35.2 Å². The summed E-state index contributed by atoms with van der Waals surface area (Å²) in [5, 5.41) is 0. The second-order valence-corrected chi connectivity index (χ2v) is 2.89. The molecule has 0 aromatic heterocycles. The van der Waals surface area contributed by atoms with Crippen molar-refractivity contribution in [2.45, 2.75) is 6.04 Å². The first-order valence-electron chi connectivity index (χ1n) is 3.96. The molecular weight excluding hydrogens is 150 g/mol. The van der Waals surface area contributed by atoms with Crippen molar-refractivity contribution in [1.29, 1.82) is 0 Å². The van der Waals surface area contributed by atoms with Crippen molar-refractivity contribution in [2.75, 3.05) is 6.61 Å². The molecule has 2 nitrogen and oxygen atoms in total. The van der Waals surface area contributed by atoms with Gasteiger partial charge in [-0.3, -0.25) is 0 Å². The molecule has 2 N–H and O–H groups in total. The second kappa shape index (κ2) is 2.64. The van der Waals surface area contributed by atoms with Gasteiger partial charge < -0.3 is 10.5 Å². The molecule has 1 unspecified atom stereocenters. The van der Waals surface area contributed by atoms with Crippen LogP contribution < -0.4 is 10.5 Å². The summed E-state index contributed by atoms with van der Waals surface area (Å²) in [5.74, 6) is 0.903. The molecule has 1 aromatic rings. The van der Waals surface area contributed by atoms with Crippen molar-refractivity contribution in [3.63, 3.8) is 0 Å². The van der Waals surface area contributed by atoms with E-state index in [0.717, 1.165) is 16.9 Å². The largest absolute Gasteiger partial charge is 0.491 e. The number of nitrogens with two attached hydrogens (primary N) is 1. The fraction of sp³-hybridized carbons (Fsp3) is 0.200. The number of para-hydroxylation sites is 1. The van der Waals surface area contributed by atoms with Crippen molar-refractivity contribution < 1.29 is 4.74 Å². The first-order valence-corrected chi connectivity index (χ1v) is 3.96. The molecule has 2 heteroatoms. The maximum Gasteiger partial charge on any atom is 0.131 e. The van der Waals surface area contributed by atoms with Crippen molar-refractivity contribution in [3.8, 4) is 5.75 Å². The van der Waals surface area contributed by atoms with Gasteiger partial charge in [-0.05, 0) is 0 Å². The van der Waals surface area contributed by atoms with Gasteiger partial charge >= 0.3 is 0 Å². The van der Waals surface area contributed by atoms with E-state index in [9.17, 15) is 0 Å². The third kappa shape index (κ3) is 0.924. The lowest BCUT2D eigenvalue weighted by Gasteiger charge is -2.02. The lowest BCUT2D eigenvalue weighted by molar-refractivity contribution is 0.333. The highest BCUT2D eigenvalue weighted by Gasteiger charge is 2.21. The van der Waals surface area contributed by atoms with Gasteiger partial charge in [0.1, 0.15) is 12.4 Å². The van der Waals surface area contributed by atoms with Gasteiger partial charge in [0.15, 0.2) is 0 Å². The van der Waals surface area contributed by atoms with E-state index in [-0.39, 0.29) is 6.04 Å². The first kappa shape index (κ1) is 7.37. The third-order valence-electron chi connectivity index (χ3n) is 2.10. The zero-order chi connectivity index (χ0) is 8.55. The van der Waals surface area contributed by atoms with Gasteiger partial charge in [0, 0.05) is 11.1 Å². The molecule has 0 radical (unpaired) electrons. The van der Waals surface area contributed by atoms with Crippen LogP contribution >= 0.6 is 0 Å². The highest BCUT2D eigenvalue weighted by atomic mass is 16.5. The van der Waals surface area contributed by atoms with E-state index in [1.807, 2.05) is 18.2 Å². The first-order chi connectivity index (χ1) is 5.83. The van der Waals surface area contributed by atoms with E-state index < -0.39 is 0 Å². The molecule has 0 aliphatic carbocycles. The SMILES string of the molecule is C=Cc1cccc2c1OCC2N. The van der Waals surface area contributed by atoms with Gasteiger partial charge in [-0.25, -0.2) is 0 Å². The maximum atomic E-state index is 5.81. The van der Waals surface area contributed by atoms with Gasteiger partial charge in [0.05, 0.1) is 6.04 Å². The van der Waals surface area contributed by atoms with Crippen molar-refractivity contribution in [3.05, 3.63) is 35.9 Å². The average Bonchev–Trinajstić information content (AvgIpc) is 2.48. The Kier molecular flexibility index (Phi) is 1.62. The van der Waals surface area contributed by atoms with E-state index >= 15 is 0 Å². The Balaban J connectivity index is 2.57. The van der Waals surface area contributed by atoms with Crippen LogP contribution in [0.4, 0.5) is 0 Å². The van der Waals surface area contributed by atoms with Gasteiger partial charge in [0.2, 0.25) is 0 Å². The monoisotopic (exact) mass is 161 g/mol. The Morgan fingerprint density at radius 3 is 3.17 bits per heavy atom. The molecule has 0 amide bonds. The zero-order valence-electron chi connectivity index (χ0n) is 6.79. The molecule has 0 saturated heterocycles. The summed E-state index contributed by atoms with van der Waals surface area (Å²) in [7, 11) is 0. The predicted molar refractivity (Wildman–Crippen MR) is 49.0 cm³/mol. The van der Waals surface area contributed by atoms with Gasteiger partial charge in [-0.15, -0.1) is 0 Å². The molecule has 1 aromatic carbocycles. The number of benzene rings is 1. The minimum atomic E-state index is 0.0277. The molecular formula is C10H11NO. The molecule has 62 valence electrons. The number of hydrogen-bond donors (Lipinski definition) is 1. The lowest BCUT2D eigenvalue weighted by atomic mass is 10.1. The smallest absolute Gasteiger partial charge is 0.131 e. The molecule has 0 fully saturated rings. The summed E-state index contributed by atoms with van der Waals surface area (Å²) in [6.07, 6.45) is 1.79. The van der Waals surface area contributed by atoms with Crippen LogP contribution in [0.1, 0.15) is 17.2 Å². The predicted octanol–water partition coefficient (Wildman–Crippen LogP) is 1.72. The van der Waals surface area contributed by atoms with Crippen LogP contribution in [-0.2, 0) is 0 Å². The van der Waals surface area contributed by atoms with Crippen molar-refractivity contribution >= 4 is 6.08 Å². The molecule has 1 aliphatic rings. The minimum absolute atomic E-state index is 0.0277. The van der Waals surface area contributed by atoms with Crippen LogP contribution in [0.15, 0.2) is 24.8 Å². The van der Waals surface area contributed by atoms with Crippen LogP contribution in [0.3, 0.4) is 0 Å². The van der Waals surface area contributed by atoms with Gasteiger partial charge in [-0.2, -0.15) is 0 Å². The van der Waals surface area contributed by atoms with Gasteiger partial charge in [-0.1, -0.05) is 30.9 Å². The summed E-state index contributed by atoms with van der Waals surface area (Å²) in [6, 6.07) is 5.98. The molecule has 0 spiro atoms. The summed E-state index contributed by atoms with van der Waals surface area (Å²) in [6.45, 7) is 4.30. The maximum absolute atomic E-state index is 5.81.